The highest BCUT2D eigenvalue weighted by Gasteiger charge is 2.45. The summed E-state index contributed by atoms with van der Waals surface area (Å²) in [6, 6.07) is 7.11. The monoisotopic (exact) mass is 351 g/mol. The highest BCUT2D eigenvalue weighted by molar-refractivity contribution is 5.94. The van der Waals surface area contributed by atoms with Crippen LogP contribution < -0.4 is 5.32 Å². The maximum Gasteiger partial charge on any atom is 0.416 e. The largest absolute Gasteiger partial charge is 0.416 e. The Morgan fingerprint density at radius 3 is 2.84 bits per heavy atom. The van der Waals surface area contributed by atoms with E-state index in [9.17, 15) is 18.0 Å². The van der Waals surface area contributed by atoms with Crippen molar-refractivity contribution in [2.75, 3.05) is 5.32 Å². The third-order valence-electron chi connectivity index (χ3n) is 4.70. The van der Waals surface area contributed by atoms with Gasteiger partial charge in [-0.15, -0.1) is 0 Å². The van der Waals surface area contributed by atoms with Gasteiger partial charge in [0, 0.05) is 12.0 Å². The van der Waals surface area contributed by atoms with Crippen LogP contribution in [0.2, 0.25) is 0 Å². The molecule has 1 saturated carbocycles. The SMILES string of the molecule is CCC(C)n1nccc1NC(=O)C1CC1c1cccc(C(F)(F)F)c1. The number of alkyl halides is 3. The Balaban J connectivity index is 1.68. The standard InChI is InChI=1S/C18H20F3N3O/c1-3-11(2)24-16(7-8-22-24)23-17(25)15-10-14(15)12-5-4-6-13(9-12)18(19,20)21/h4-9,11,14-15H,3,10H2,1-2H3,(H,23,25). The lowest BCUT2D eigenvalue weighted by molar-refractivity contribution is -0.137. The highest BCUT2D eigenvalue weighted by atomic mass is 19.4. The first-order chi connectivity index (χ1) is 11.8. The Bertz CT molecular complexity index is 769. The van der Waals surface area contributed by atoms with Crippen LogP contribution in [-0.4, -0.2) is 15.7 Å². The third kappa shape index (κ3) is 3.70. The fourth-order valence-electron chi connectivity index (χ4n) is 2.96. The Morgan fingerprint density at radius 2 is 2.16 bits per heavy atom. The minimum absolute atomic E-state index is 0.156. The molecular formula is C18H20F3N3O. The molecule has 7 heteroatoms. The lowest BCUT2D eigenvalue weighted by Crippen LogP contribution is -2.19. The van der Waals surface area contributed by atoms with Gasteiger partial charge in [-0.2, -0.15) is 18.3 Å². The molecule has 0 radical (unpaired) electrons. The summed E-state index contributed by atoms with van der Waals surface area (Å²) < 4.78 is 40.2. The molecule has 25 heavy (non-hydrogen) atoms. The molecule has 3 rings (SSSR count). The van der Waals surface area contributed by atoms with Gasteiger partial charge in [-0.3, -0.25) is 4.79 Å². The molecule has 1 fully saturated rings. The maximum absolute atomic E-state index is 12.8. The molecule has 1 aromatic carbocycles. The second-order valence-electron chi connectivity index (χ2n) is 6.48. The maximum atomic E-state index is 12.8. The van der Waals surface area contributed by atoms with Crippen molar-refractivity contribution in [3.05, 3.63) is 47.7 Å². The quantitative estimate of drug-likeness (QED) is 0.855. The van der Waals surface area contributed by atoms with Crippen LogP contribution in [0.4, 0.5) is 19.0 Å². The van der Waals surface area contributed by atoms with E-state index >= 15 is 0 Å². The molecule has 3 atom stereocenters. The Morgan fingerprint density at radius 1 is 1.40 bits per heavy atom. The molecule has 1 aliphatic rings. The molecule has 4 nitrogen and oxygen atoms in total. The van der Waals surface area contributed by atoms with Gasteiger partial charge < -0.3 is 5.32 Å². The first-order valence-electron chi connectivity index (χ1n) is 8.32. The summed E-state index contributed by atoms with van der Waals surface area (Å²) in [6.07, 6.45) is -1.31. The minimum atomic E-state index is -4.37. The normalized spacial score (nSPS) is 21.0. The van der Waals surface area contributed by atoms with Gasteiger partial charge in [-0.25, -0.2) is 4.68 Å². The number of carbonyl (C=O) groups is 1. The Hall–Kier alpha value is -2.31. The number of hydrogen-bond donors (Lipinski definition) is 1. The molecule has 2 aromatic rings. The fourth-order valence-corrected chi connectivity index (χ4v) is 2.96. The van der Waals surface area contributed by atoms with Gasteiger partial charge in [0.2, 0.25) is 5.91 Å². The van der Waals surface area contributed by atoms with Gasteiger partial charge >= 0.3 is 6.18 Å². The molecule has 1 amide bonds. The fraction of sp³-hybridized carbons (Fsp3) is 0.444. The number of halogens is 3. The second kappa shape index (κ2) is 6.54. The van der Waals surface area contributed by atoms with Gasteiger partial charge in [-0.1, -0.05) is 25.1 Å². The first-order valence-corrected chi connectivity index (χ1v) is 8.32. The zero-order valence-electron chi connectivity index (χ0n) is 14.0. The van der Waals surface area contributed by atoms with Gasteiger partial charge in [0.05, 0.1) is 17.8 Å². The molecule has 1 aromatic heterocycles. The molecule has 0 saturated heterocycles. The number of benzene rings is 1. The van der Waals surface area contributed by atoms with Crippen molar-refractivity contribution in [3.8, 4) is 0 Å². The molecule has 3 unspecified atom stereocenters. The van der Waals surface area contributed by atoms with Crippen LogP contribution in [0.1, 0.15) is 49.8 Å². The van der Waals surface area contributed by atoms with Crippen molar-refractivity contribution >= 4 is 11.7 Å². The van der Waals surface area contributed by atoms with E-state index in [1.165, 1.54) is 6.07 Å². The van der Waals surface area contributed by atoms with Gasteiger partial charge in [0.25, 0.3) is 0 Å². The number of rotatable bonds is 5. The van der Waals surface area contributed by atoms with Crippen LogP contribution in [0, 0.1) is 5.92 Å². The first kappa shape index (κ1) is 17.5. The van der Waals surface area contributed by atoms with Crippen LogP contribution >= 0.6 is 0 Å². The van der Waals surface area contributed by atoms with Crippen molar-refractivity contribution in [3.63, 3.8) is 0 Å². The second-order valence-corrected chi connectivity index (χ2v) is 6.48. The summed E-state index contributed by atoms with van der Waals surface area (Å²) in [5, 5.41) is 7.06. The topological polar surface area (TPSA) is 46.9 Å². The number of aromatic nitrogens is 2. The third-order valence-corrected chi connectivity index (χ3v) is 4.70. The summed E-state index contributed by atoms with van der Waals surface area (Å²) >= 11 is 0. The van der Waals surface area contributed by atoms with Gasteiger partial charge in [-0.05, 0) is 37.3 Å². The molecule has 0 aliphatic heterocycles. The van der Waals surface area contributed by atoms with Crippen LogP contribution in [-0.2, 0) is 11.0 Å². The summed E-state index contributed by atoms with van der Waals surface area (Å²) in [5.74, 6) is -0.0208. The average Bonchev–Trinajstić information content (AvgIpc) is 3.26. The summed E-state index contributed by atoms with van der Waals surface area (Å²) in [7, 11) is 0. The molecule has 1 heterocycles. The van der Waals surface area contributed by atoms with E-state index in [0.717, 1.165) is 18.6 Å². The number of anilines is 1. The Labute approximate surface area is 144 Å². The summed E-state index contributed by atoms with van der Waals surface area (Å²) in [6.45, 7) is 4.04. The zero-order chi connectivity index (χ0) is 18.2. The van der Waals surface area contributed by atoms with Crippen molar-refractivity contribution in [2.24, 2.45) is 5.92 Å². The van der Waals surface area contributed by atoms with E-state index in [0.29, 0.717) is 17.8 Å². The number of amides is 1. The predicted molar refractivity (Wildman–Crippen MR) is 88.2 cm³/mol. The van der Waals surface area contributed by atoms with E-state index in [4.69, 9.17) is 0 Å². The lowest BCUT2D eigenvalue weighted by atomic mass is 10.1. The number of hydrogen-bond acceptors (Lipinski definition) is 2. The highest BCUT2D eigenvalue weighted by Crippen LogP contribution is 2.48. The van der Waals surface area contributed by atoms with E-state index in [2.05, 4.69) is 10.4 Å². The molecule has 1 N–H and O–H groups in total. The lowest BCUT2D eigenvalue weighted by Gasteiger charge is -2.14. The van der Waals surface area contributed by atoms with Crippen molar-refractivity contribution in [1.29, 1.82) is 0 Å². The van der Waals surface area contributed by atoms with Gasteiger partial charge in [0.15, 0.2) is 0 Å². The van der Waals surface area contributed by atoms with E-state index in [1.54, 1.807) is 23.0 Å². The van der Waals surface area contributed by atoms with Crippen LogP contribution in [0.25, 0.3) is 0 Å². The van der Waals surface area contributed by atoms with E-state index < -0.39 is 11.7 Å². The number of nitrogens with one attached hydrogen (secondary N) is 1. The molecule has 0 bridgehead atoms. The predicted octanol–water partition coefficient (Wildman–Crippen LogP) is 4.62. The van der Waals surface area contributed by atoms with E-state index in [-0.39, 0.29) is 23.8 Å². The summed E-state index contributed by atoms with van der Waals surface area (Å²) in [4.78, 5) is 12.4. The minimum Gasteiger partial charge on any atom is -0.311 e. The molecule has 134 valence electrons. The van der Waals surface area contributed by atoms with Crippen LogP contribution in [0.5, 0.6) is 0 Å². The molecule has 1 aliphatic carbocycles. The average molecular weight is 351 g/mol. The Kier molecular flexibility index (Phi) is 4.58. The molecular weight excluding hydrogens is 331 g/mol. The van der Waals surface area contributed by atoms with Crippen molar-refractivity contribution in [1.82, 2.24) is 9.78 Å². The zero-order valence-corrected chi connectivity index (χ0v) is 14.0. The van der Waals surface area contributed by atoms with Crippen LogP contribution in [0.3, 0.4) is 0 Å². The number of nitrogens with zero attached hydrogens (tertiary/aromatic N) is 2. The van der Waals surface area contributed by atoms with E-state index in [1.807, 2.05) is 13.8 Å². The number of carbonyl (C=O) groups excluding carboxylic acids is 1. The van der Waals surface area contributed by atoms with Crippen molar-refractivity contribution < 1.29 is 18.0 Å². The summed E-state index contributed by atoms with van der Waals surface area (Å²) in [5.41, 5.74) is -0.115. The van der Waals surface area contributed by atoms with Crippen molar-refractivity contribution in [2.45, 2.75) is 44.8 Å². The van der Waals surface area contributed by atoms with Gasteiger partial charge in [0.1, 0.15) is 5.82 Å². The molecule has 0 spiro atoms. The smallest absolute Gasteiger partial charge is 0.311 e. The van der Waals surface area contributed by atoms with Crippen LogP contribution in [0.15, 0.2) is 36.5 Å².